The first-order chi connectivity index (χ1) is 12.5. The van der Waals surface area contributed by atoms with Gasteiger partial charge in [-0.3, -0.25) is 5.04 Å². The number of sulfone groups is 1. The van der Waals surface area contributed by atoms with Crippen molar-refractivity contribution >= 4 is 32.0 Å². The van der Waals surface area contributed by atoms with E-state index in [2.05, 4.69) is 9.37 Å². The van der Waals surface area contributed by atoms with Crippen LogP contribution < -0.4 is 108 Å². The molecule has 29 heavy (non-hydrogen) atoms. The van der Waals surface area contributed by atoms with Gasteiger partial charge in [0.15, 0.2) is 0 Å². The maximum Gasteiger partial charge on any atom is 1.00 e. The van der Waals surface area contributed by atoms with Crippen LogP contribution in [0, 0.1) is 11.6 Å². The average Bonchev–Trinajstić information content (AvgIpc) is 2.53. The molecule has 8 nitrogen and oxygen atoms in total. The molecule has 2 aromatic rings. The maximum absolute atomic E-state index is 13.5. The normalized spacial score (nSPS) is 11.4. The minimum atomic E-state index is -4.91. The molecule has 0 atom stereocenters. The van der Waals surface area contributed by atoms with E-state index in [1.165, 1.54) is 0 Å². The summed E-state index contributed by atoms with van der Waals surface area (Å²) in [4.78, 5) is -1.07. The van der Waals surface area contributed by atoms with Crippen LogP contribution in [0.25, 0.3) is 0 Å². The summed E-state index contributed by atoms with van der Waals surface area (Å²) in [5.41, 5.74) is -0.690. The molecular weight excluding hydrogens is 509 g/mol. The van der Waals surface area contributed by atoms with Crippen LogP contribution >= 0.6 is 12.0 Å². The first-order valence-electron chi connectivity index (χ1n) is 6.88. The van der Waals surface area contributed by atoms with Crippen LogP contribution in [-0.4, -0.2) is 21.4 Å². The molecule has 2 rings (SSSR count). The van der Waals surface area contributed by atoms with Crippen LogP contribution in [0.15, 0.2) is 46.2 Å². The summed E-state index contributed by atoms with van der Waals surface area (Å²) < 4.78 is 89.9. The van der Waals surface area contributed by atoms with Crippen molar-refractivity contribution in [3.63, 3.8) is 0 Å². The summed E-state index contributed by atoms with van der Waals surface area (Å²) in [6.45, 7) is 0. The third kappa shape index (κ3) is 9.20. The predicted molar refractivity (Wildman–Crippen MR) is 85.1 cm³/mol. The first-order valence-corrected chi connectivity index (χ1v) is 10.9. The zero-order valence-electron chi connectivity index (χ0n) is 15.1. The molecule has 0 saturated carbocycles. The summed E-state index contributed by atoms with van der Waals surface area (Å²) in [7, 11) is -9.38. The summed E-state index contributed by atoms with van der Waals surface area (Å²) >= 11 is 0.385. The molecule has 0 aromatic heterocycles. The molecule has 0 bridgehead atoms. The van der Waals surface area contributed by atoms with E-state index >= 15 is 0 Å². The molecule has 0 saturated heterocycles. The molecule has 15 heteroatoms. The van der Waals surface area contributed by atoms with Gasteiger partial charge in [0.25, 0.3) is 0 Å². The smallest absolute Gasteiger partial charge is 0.748 e. The fraction of sp³-hybridized carbons (Fsp3) is 0.143. The molecule has 0 amide bonds. The van der Waals surface area contributed by atoms with Gasteiger partial charge in [0.1, 0.15) is 11.6 Å². The van der Waals surface area contributed by atoms with Crippen molar-refractivity contribution in [1.82, 2.24) is 0 Å². The van der Waals surface area contributed by atoms with Gasteiger partial charge in [0, 0.05) is 17.8 Å². The topological polar surface area (TPSA) is 133 Å². The Labute approximate surface area is 255 Å². The Kier molecular flexibility index (Phi) is 14.2. The monoisotopic (exact) mass is 518 g/mol. The second kappa shape index (κ2) is 13.4. The van der Waals surface area contributed by atoms with Gasteiger partial charge in [-0.25, -0.2) is 25.6 Å². The molecule has 0 unspecified atom stereocenters. The fourth-order valence-corrected chi connectivity index (χ4v) is 5.20. The summed E-state index contributed by atoms with van der Waals surface area (Å²) in [5, 5.41) is 13.0. The average molecular weight is 519 g/mol. The van der Waals surface area contributed by atoms with Gasteiger partial charge in [-0.2, -0.15) is 4.33 Å². The Morgan fingerprint density at radius 2 is 1.38 bits per heavy atom. The van der Waals surface area contributed by atoms with Crippen LogP contribution in [0.2, 0.25) is 0 Å². The van der Waals surface area contributed by atoms with Crippen LogP contribution in [0.1, 0.15) is 11.1 Å². The standard InChI is InChI=1S/C14H12F2O8S3.2K/c15-11-1-3-13(9(5-11)7-25-24-23-17)27(21,22)14-4-2-12(16)6-10(14)8-26(18,19)20;;/h1-6,17H,7-8H2,(H,18,19,20);;/q;2*+1/p-2. The molecule has 0 aliphatic heterocycles. The third-order valence-electron chi connectivity index (χ3n) is 3.25. The van der Waals surface area contributed by atoms with Crippen molar-refractivity contribution in [3.05, 3.63) is 59.2 Å². The molecule has 148 valence electrons. The predicted octanol–water partition coefficient (Wildman–Crippen LogP) is -4.78. The van der Waals surface area contributed by atoms with Crippen molar-refractivity contribution in [2.75, 3.05) is 0 Å². The maximum atomic E-state index is 13.5. The Balaban J connectivity index is 0.00000392. The second-order valence-electron chi connectivity index (χ2n) is 5.11. The fourth-order valence-electron chi connectivity index (χ4n) is 2.26. The number of halogens is 2. The van der Waals surface area contributed by atoms with Crippen molar-refractivity contribution in [2.45, 2.75) is 21.3 Å². The van der Waals surface area contributed by atoms with Crippen molar-refractivity contribution in [1.29, 1.82) is 0 Å². The second-order valence-corrected chi connectivity index (χ2v) is 9.06. The summed E-state index contributed by atoms with van der Waals surface area (Å²) in [6.07, 6.45) is 0. The van der Waals surface area contributed by atoms with E-state index in [1.807, 2.05) is 0 Å². The van der Waals surface area contributed by atoms with E-state index in [-0.39, 0.29) is 114 Å². The summed E-state index contributed by atoms with van der Waals surface area (Å²) in [6, 6.07) is 4.83. The van der Waals surface area contributed by atoms with Gasteiger partial charge in [0.05, 0.1) is 25.7 Å². The van der Waals surface area contributed by atoms with Crippen LogP contribution in [0.5, 0.6) is 0 Å². The molecule has 2 aromatic carbocycles. The Hall–Kier alpha value is 1.66. The molecule has 0 N–H and O–H groups in total. The molecule has 0 aliphatic carbocycles. The van der Waals surface area contributed by atoms with E-state index in [1.54, 1.807) is 0 Å². The molecule has 0 aliphatic rings. The molecule has 0 heterocycles. The molecule has 0 spiro atoms. The van der Waals surface area contributed by atoms with Gasteiger partial charge in [-0.1, -0.05) is 0 Å². The third-order valence-corrected chi connectivity index (χ3v) is 6.45. The largest absolute Gasteiger partial charge is 1.00 e. The van der Waals surface area contributed by atoms with Gasteiger partial charge < -0.3 is 9.81 Å². The van der Waals surface area contributed by atoms with Crippen molar-refractivity contribution in [2.24, 2.45) is 0 Å². The Morgan fingerprint density at radius 3 is 1.86 bits per heavy atom. The molecule has 0 radical (unpaired) electrons. The van der Waals surface area contributed by atoms with Gasteiger partial charge in [-0.15, -0.1) is 0 Å². The Morgan fingerprint density at radius 1 is 0.897 bits per heavy atom. The number of rotatable bonds is 8. The minimum Gasteiger partial charge on any atom is -0.748 e. The van der Waals surface area contributed by atoms with Crippen molar-refractivity contribution in [3.8, 4) is 0 Å². The quantitative estimate of drug-likeness (QED) is 0.0642. The van der Waals surface area contributed by atoms with Crippen LogP contribution in [0.4, 0.5) is 8.78 Å². The number of hydrogen-bond acceptors (Lipinski definition) is 9. The van der Waals surface area contributed by atoms with Gasteiger partial charge in [-0.05, 0) is 47.5 Å². The Bertz CT molecular complexity index is 1050. The zero-order chi connectivity index (χ0) is 20.2. The molecule has 0 fully saturated rings. The van der Waals surface area contributed by atoms with Gasteiger partial charge in [0.2, 0.25) is 9.84 Å². The van der Waals surface area contributed by atoms with Crippen molar-refractivity contribution < 1.29 is 148 Å². The first kappa shape index (κ1) is 30.7. The zero-order valence-corrected chi connectivity index (χ0v) is 23.8. The van der Waals surface area contributed by atoms with E-state index in [0.29, 0.717) is 18.1 Å². The summed E-state index contributed by atoms with van der Waals surface area (Å²) in [5.74, 6) is -3.29. The van der Waals surface area contributed by atoms with Crippen LogP contribution in [0.3, 0.4) is 0 Å². The van der Waals surface area contributed by atoms with E-state index < -0.39 is 52.7 Å². The van der Waals surface area contributed by atoms with E-state index in [4.69, 9.17) is 0 Å². The molecular formula is C14H10F2K2O8S3. The van der Waals surface area contributed by atoms with Gasteiger partial charge >= 0.3 is 103 Å². The number of hydrogen-bond donors (Lipinski definition) is 0. The minimum absolute atomic E-state index is 0. The van der Waals surface area contributed by atoms with E-state index in [9.17, 15) is 35.4 Å². The van der Waals surface area contributed by atoms with E-state index in [0.717, 1.165) is 30.3 Å². The number of benzene rings is 2. The SMILES string of the molecule is O=S(=O)([O-])Cc1cc(F)ccc1S(=O)(=O)c1ccc(F)cc1CSOO[O-].[K+].[K+]. The van der Waals surface area contributed by atoms with Crippen LogP contribution in [-0.2, 0) is 40.8 Å².